The highest BCUT2D eigenvalue weighted by Gasteiger charge is 1.96. The molecule has 0 aromatic heterocycles. The minimum absolute atomic E-state index is 0.889. The monoisotopic (exact) mass is 98.1 g/mol. The molecule has 1 aliphatic rings. The predicted molar refractivity (Wildman–Crippen MR) is 30.6 cm³/mol. The molecule has 0 aromatic rings. The first-order valence-corrected chi connectivity index (χ1v) is 2.56. The van der Waals surface area contributed by atoms with E-state index in [0.717, 1.165) is 13.1 Å². The maximum Gasteiger partial charge on any atom is 0.0903 e. The van der Waals surface area contributed by atoms with E-state index in [-0.39, 0.29) is 0 Å². The largest absolute Gasteiger partial charge is 0.287 e. The smallest absolute Gasteiger partial charge is 0.0903 e. The van der Waals surface area contributed by atoms with Crippen molar-refractivity contribution in [2.45, 2.75) is 6.42 Å². The molecule has 0 spiro atoms. The zero-order valence-electron chi connectivity index (χ0n) is 4.59. The van der Waals surface area contributed by atoms with Crippen LogP contribution >= 0.6 is 0 Å². The second-order valence-electron chi connectivity index (χ2n) is 1.87. The quantitative estimate of drug-likeness (QED) is 0.427. The number of aliphatic imine (C=N–C) groups is 1. The summed E-state index contributed by atoms with van der Waals surface area (Å²) in [6.45, 7) is 2.06. The van der Waals surface area contributed by atoms with Crippen molar-refractivity contribution in [1.82, 2.24) is 4.90 Å². The summed E-state index contributed by atoms with van der Waals surface area (Å²) in [5, 5.41) is 0. The van der Waals surface area contributed by atoms with E-state index in [1.165, 1.54) is 6.54 Å². The molecule has 0 saturated carbocycles. The molecular formula is C5H10N2. The maximum absolute atomic E-state index is 4.06. The Balaban J connectivity index is 2.32. The molecule has 7 heavy (non-hydrogen) atoms. The number of hydrogen-bond acceptors (Lipinski definition) is 2. The van der Waals surface area contributed by atoms with Crippen molar-refractivity contribution < 1.29 is 0 Å². The van der Waals surface area contributed by atoms with Gasteiger partial charge in [-0.1, -0.05) is 0 Å². The van der Waals surface area contributed by atoms with Crippen molar-refractivity contribution in [3.8, 4) is 0 Å². The molecule has 0 fully saturated rings. The van der Waals surface area contributed by atoms with E-state index >= 15 is 0 Å². The van der Waals surface area contributed by atoms with E-state index in [4.69, 9.17) is 0 Å². The zero-order valence-corrected chi connectivity index (χ0v) is 4.59. The van der Waals surface area contributed by atoms with Gasteiger partial charge in [0, 0.05) is 12.8 Å². The van der Waals surface area contributed by atoms with E-state index in [2.05, 4.69) is 16.9 Å². The number of hydrogen-bond donors (Lipinski definition) is 0. The van der Waals surface area contributed by atoms with Crippen LogP contribution in [0.1, 0.15) is 6.42 Å². The molecule has 1 heterocycles. The summed E-state index contributed by atoms with van der Waals surface area (Å²) in [7, 11) is 2.08. The molecule has 0 radical (unpaired) electrons. The van der Waals surface area contributed by atoms with Gasteiger partial charge in [0.1, 0.15) is 0 Å². The van der Waals surface area contributed by atoms with Gasteiger partial charge in [0.15, 0.2) is 0 Å². The van der Waals surface area contributed by atoms with Gasteiger partial charge in [-0.05, 0) is 13.5 Å². The Morgan fingerprint density at radius 3 is 2.86 bits per heavy atom. The van der Waals surface area contributed by atoms with Crippen LogP contribution < -0.4 is 0 Å². The predicted octanol–water partition coefficient (Wildman–Crippen LogP) is 0.350. The van der Waals surface area contributed by atoms with Crippen LogP contribution in [0.25, 0.3) is 0 Å². The molecule has 0 N–H and O–H groups in total. The van der Waals surface area contributed by atoms with Crippen LogP contribution in [0.15, 0.2) is 4.99 Å². The van der Waals surface area contributed by atoms with Crippen molar-refractivity contribution in [2.75, 3.05) is 20.3 Å². The summed E-state index contributed by atoms with van der Waals surface area (Å²) < 4.78 is 0. The molecule has 2 heteroatoms. The van der Waals surface area contributed by atoms with Gasteiger partial charge in [0.25, 0.3) is 0 Å². The third kappa shape index (κ3) is 1.27. The van der Waals surface area contributed by atoms with E-state index < -0.39 is 0 Å². The first-order valence-electron chi connectivity index (χ1n) is 2.56. The Kier molecular flexibility index (Phi) is 1.42. The van der Waals surface area contributed by atoms with Crippen LogP contribution in [0, 0.1) is 0 Å². The van der Waals surface area contributed by atoms with Gasteiger partial charge >= 0.3 is 0 Å². The second kappa shape index (κ2) is 2.07. The van der Waals surface area contributed by atoms with Crippen LogP contribution in [-0.4, -0.2) is 31.4 Å². The van der Waals surface area contributed by atoms with Crippen LogP contribution in [0.5, 0.6) is 0 Å². The SMILES string of the molecule is CN1CCC=NC1. The molecule has 1 aliphatic heterocycles. The van der Waals surface area contributed by atoms with E-state index in [1.807, 2.05) is 6.21 Å². The van der Waals surface area contributed by atoms with Crippen molar-refractivity contribution in [3.63, 3.8) is 0 Å². The lowest BCUT2D eigenvalue weighted by Crippen LogP contribution is -2.23. The Morgan fingerprint density at radius 2 is 2.57 bits per heavy atom. The summed E-state index contributed by atoms with van der Waals surface area (Å²) in [5.41, 5.74) is 0. The zero-order chi connectivity index (χ0) is 5.11. The first kappa shape index (κ1) is 4.78. The van der Waals surface area contributed by atoms with Crippen molar-refractivity contribution in [2.24, 2.45) is 4.99 Å². The van der Waals surface area contributed by atoms with E-state index in [1.54, 1.807) is 0 Å². The minimum atomic E-state index is 0.889. The van der Waals surface area contributed by atoms with Gasteiger partial charge in [-0.2, -0.15) is 0 Å². The van der Waals surface area contributed by atoms with E-state index in [9.17, 15) is 0 Å². The highest BCUT2D eigenvalue weighted by molar-refractivity contribution is 5.57. The van der Waals surface area contributed by atoms with Gasteiger partial charge < -0.3 is 0 Å². The first-order chi connectivity index (χ1) is 3.39. The van der Waals surface area contributed by atoms with Crippen LogP contribution in [0.2, 0.25) is 0 Å². The molecule has 0 aliphatic carbocycles. The third-order valence-corrected chi connectivity index (χ3v) is 1.09. The molecule has 2 nitrogen and oxygen atoms in total. The highest BCUT2D eigenvalue weighted by atomic mass is 15.2. The van der Waals surface area contributed by atoms with E-state index in [0.29, 0.717) is 0 Å². The average molecular weight is 98.1 g/mol. The number of nitrogens with zero attached hydrogens (tertiary/aromatic N) is 2. The Hall–Kier alpha value is -0.370. The minimum Gasteiger partial charge on any atom is -0.287 e. The molecule has 0 saturated heterocycles. The summed E-state index contributed by atoms with van der Waals surface area (Å²) in [6.07, 6.45) is 3.11. The van der Waals surface area contributed by atoms with Crippen LogP contribution in [-0.2, 0) is 0 Å². The third-order valence-electron chi connectivity index (χ3n) is 1.09. The van der Waals surface area contributed by atoms with Crippen LogP contribution in [0.3, 0.4) is 0 Å². The Morgan fingerprint density at radius 1 is 1.71 bits per heavy atom. The number of rotatable bonds is 0. The molecule has 0 aromatic carbocycles. The van der Waals surface area contributed by atoms with Gasteiger partial charge in [0.2, 0.25) is 0 Å². The fraction of sp³-hybridized carbons (Fsp3) is 0.800. The van der Waals surface area contributed by atoms with Gasteiger partial charge in [-0.25, -0.2) is 0 Å². The lowest BCUT2D eigenvalue weighted by molar-refractivity contribution is 0.346. The van der Waals surface area contributed by atoms with Crippen molar-refractivity contribution >= 4 is 6.21 Å². The molecule has 1 rings (SSSR count). The molecule has 0 bridgehead atoms. The summed E-state index contributed by atoms with van der Waals surface area (Å²) in [4.78, 5) is 6.25. The Labute approximate surface area is 43.8 Å². The van der Waals surface area contributed by atoms with Crippen molar-refractivity contribution in [1.29, 1.82) is 0 Å². The standard InChI is InChI=1S/C5H10N2/c1-7-4-2-3-6-5-7/h3H,2,4-5H2,1H3. The highest BCUT2D eigenvalue weighted by Crippen LogP contribution is 1.90. The summed E-state index contributed by atoms with van der Waals surface area (Å²) in [5.74, 6) is 0. The molecule has 0 amide bonds. The fourth-order valence-corrected chi connectivity index (χ4v) is 0.637. The second-order valence-corrected chi connectivity index (χ2v) is 1.87. The van der Waals surface area contributed by atoms with Crippen molar-refractivity contribution in [3.05, 3.63) is 0 Å². The average Bonchev–Trinajstić information content (AvgIpc) is 1.69. The molecule has 0 atom stereocenters. The molecular weight excluding hydrogens is 88.1 g/mol. The maximum atomic E-state index is 4.06. The normalized spacial score (nSPS) is 23.0. The topological polar surface area (TPSA) is 15.6 Å². The summed E-state index contributed by atoms with van der Waals surface area (Å²) >= 11 is 0. The Bertz CT molecular complexity index is 78.1. The van der Waals surface area contributed by atoms with Gasteiger partial charge in [0.05, 0.1) is 6.67 Å². The summed E-state index contributed by atoms with van der Waals surface area (Å²) in [6, 6.07) is 0. The van der Waals surface area contributed by atoms with Gasteiger partial charge in [-0.3, -0.25) is 9.89 Å². The van der Waals surface area contributed by atoms with Gasteiger partial charge in [-0.15, -0.1) is 0 Å². The molecule has 40 valence electrons. The lowest BCUT2D eigenvalue weighted by atomic mass is 10.4. The lowest BCUT2D eigenvalue weighted by Gasteiger charge is -2.15. The molecule has 0 unspecified atom stereocenters. The van der Waals surface area contributed by atoms with Crippen LogP contribution in [0.4, 0.5) is 0 Å². The fourth-order valence-electron chi connectivity index (χ4n) is 0.637.